The average molecular weight is 167 g/mol. The zero-order valence-corrected chi connectivity index (χ0v) is 7.26. The Morgan fingerprint density at radius 2 is 1.75 bits per heavy atom. The minimum absolute atomic E-state index is 0.168. The van der Waals surface area contributed by atoms with Crippen LogP contribution in [0.2, 0.25) is 0 Å². The second-order valence-electron chi connectivity index (χ2n) is 3.13. The lowest BCUT2D eigenvalue weighted by molar-refractivity contribution is 0.485. The van der Waals surface area contributed by atoms with Gasteiger partial charge in [-0.15, -0.1) is 0 Å². The first-order valence-corrected chi connectivity index (χ1v) is 4.11. The van der Waals surface area contributed by atoms with Crippen LogP contribution in [0.15, 0.2) is 24.3 Å². The molecule has 2 heteroatoms. The molecular formula is C10H14FN. The normalized spacial score (nSPS) is 12.9. The van der Waals surface area contributed by atoms with Crippen LogP contribution in [0, 0.1) is 0 Å². The van der Waals surface area contributed by atoms with E-state index in [4.69, 9.17) is 5.73 Å². The molecule has 1 nitrogen and oxygen atoms in total. The third kappa shape index (κ3) is 2.62. The van der Waals surface area contributed by atoms with Crippen LogP contribution in [0.1, 0.15) is 18.1 Å². The Balaban J connectivity index is 2.65. The highest BCUT2D eigenvalue weighted by Gasteiger charge is 1.97. The van der Waals surface area contributed by atoms with Crippen LogP contribution >= 0.6 is 0 Å². The molecule has 1 atom stereocenters. The lowest BCUT2D eigenvalue weighted by atomic mass is 10.1. The summed E-state index contributed by atoms with van der Waals surface area (Å²) in [4.78, 5) is 0. The predicted octanol–water partition coefficient (Wildman–Crippen LogP) is 2.05. The largest absolute Gasteiger partial charge is 0.328 e. The molecule has 0 radical (unpaired) electrons. The summed E-state index contributed by atoms with van der Waals surface area (Å²) >= 11 is 0. The van der Waals surface area contributed by atoms with Gasteiger partial charge in [-0.2, -0.15) is 0 Å². The Morgan fingerprint density at radius 3 is 2.17 bits per heavy atom. The fraction of sp³-hybridized carbons (Fsp3) is 0.400. The molecule has 0 spiro atoms. The van der Waals surface area contributed by atoms with Gasteiger partial charge in [0.25, 0.3) is 0 Å². The Bertz CT molecular complexity index is 228. The van der Waals surface area contributed by atoms with Gasteiger partial charge in [0.15, 0.2) is 0 Å². The first-order valence-electron chi connectivity index (χ1n) is 4.11. The van der Waals surface area contributed by atoms with Crippen molar-refractivity contribution < 1.29 is 4.39 Å². The van der Waals surface area contributed by atoms with Crippen molar-refractivity contribution >= 4 is 0 Å². The van der Waals surface area contributed by atoms with Gasteiger partial charge in [0.2, 0.25) is 0 Å². The molecule has 0 amide bonds. The van der Waals surface area contributed by atoms with Crippen LogP contribution in [0.3, 0.4) is 0 Å². The van der Waals surface area contributed by atoms with Gasteiger partial charge in [-0.3, -0.25) is 0 Å². The molecule has 0 bridgehead atoms. The minimum Gasteiger partial charge on any atom is -0.328 e. The Hall–Kier alpha value is -0.890. The fourth-order valence-electron chi connectivity index (χ4n) is 1.14. The molecular weight excluding hydrogens is 153 g/mol. The van der Waals surface area contributed by atoms with Crippen molar-refractivity contribution in [2.45, 2.75) is 26.1 Å². The summed E-state index contributed by atoms with van der Waals surface area (Å²) in [6.07, 6.45) is 0.854. The first-order chi connectivity index (χ1) is 5.72. The summed E-state index contributed by atoms with van der Waals surface area (Å²) in [7, 11) is 0. The summed E-state index contributed by atoms with van der Waals surface area (Å²) in [5.41, 5.74) is 7.52. The van der Waals surface area contributed by atoms with E-state index in [2.05, 4.69) is 0 Å². The smallest absolute Gasteiger partial charge is 0.115 e. The van der Waals surface area contributed by atoms with Crippen molar-refractivity contribution in [2.75, 3.05) is 0 Å². The van der Waals surface area contributed by atoms with E-state index in [0.29, 0.717) is 0 Å². The molecule has 0 aromatic heterocycles. The number of halogens is 1. The second kappa shape index (κ2) is 4.21. The van der Waals surface area contributed by atoms with Gasteiger partial charge in [-0.25, -0.2) is 4.39 Å². The molecule has 1 aromatic rings. The van der Waals surface area contributed by atoms with Gasteiger partial charge in [-0.05, 0) is 24.5 Å². The van der Waals surface area contributed by atoms with E-state index < -0.39 is 6.67 Å². The predicted molar refractivity (Wildman–Crippen MR) is 48.6 cm³/mol. The van der Waals surface area contributed by atoms with Crippen molar-refractivity contribution in [2.24, 2.45) is 5.73 Å². The molecule has 0 aliphatic heterocycles. The van der Waals surface area contributed by atoms with Gasteiger partial charge in [0.05, 0.1) is 0 Å². The first kappa shape index (κ1) is 9.20. The molecule has 0 aliphatic rings. The van der Waals surface area contributed by atoms with Crippen LogP contribution in [0.25, 0.3) is 0 Å². The van der Waals surface area contributed by atoms with Crippen molar-refractivity contribution in [3.63, 3.8) is 0 Å². The highest BCUT2D eigenvalue weighted by Crippen LogP contribution is 2.06. The van der Waals surface area contributed by atoms with Gasteiger partial charge in [0, 0.05) is 6.04 Å². The number of nitrogens with two attached hydrogens (primary N) is 1. The number of hydrogen-bond donors (Lipinski definition) is 1. The maximum absolute atomic E-state index is 12.1. The monoisotopic (exact) mass is 167 g/mol. The highest BCUT2D eigenvalue weighted by molar-refractivity contribution is 5.22. The van der Waals surface area contributed by atoms with Crippen molar-refractivity contribution in [3.05, 3.63) is 35.4 Å². The van der Waals surface area contributed by atoms with E-state index in [1.165, 1.54) is 5.56 Å². The van der Waals surface area contributed by atoms with E-state index in [0.717, 1.165) is 12.0 Å². The van der Waals surface area contributed by atoms with Gasteiger partial charge >= 0.3 is 0 Å². The lowest BCUT2D eigenvalue weighted by Crippen LogP contribution is -2.17. The molecule has 66 valence electrons. The van der Waals surface area contributed by atoms with E-state index in [9.17, 15) is 4.39 Å². The Labute approximate surface area is 72.4 Å². The quantitative estimate of drug-likeness (QED) is 0.732. The minimum atomic E-state index is -0.390. The van der Waals surface area contributed by atoms with Crippen LogP contribution in [-0.4, -0.2) is 6.04 Å². The molecule has 2 N–H and O–H groups in total. The maximum Gasteiger partial charge on any atom is 0.115 e. The standard InChI is InChI=1S/C10H14FN/c1-8(12)6-9-2-4-10(7-11)5-3-9/h2-5,8H,6-7,12H2,1H3. The molecule has 1 aromatic carbocycles. The number of alkyl halides is 1. The molecule has 12 heavy (non-hydrogen) atoms. The summed E-state index contributed by atoms with van der Waals surface area (Å²) in [5, 5.41) is 0. The molecule has 0 saturated carbocycles. The molecule has 0 heterocycles. The van der Waals surface area contributed by atoms with E-state index in [-0.39, 0.29) is 6.04 Å². The summed E-state index contributed by atoms with van der Waals surface area (Å²) in [5.74, 6) is 0. The molecule has 1 unspecified atom stereocenters. The van der Waals surface area contributed by atoms with Crippen LogP contribution in [-0.2, 0) is 13.1 Å². The van der Waals surface area contributed by atoms with Crippen molar-refractivity contribution in [3.8, 4) is 0 Å². The molecule has 0 fully saturated rings. The van der Waals surface area contributed by atoms with E-state index in [1.807, 2.05) is 19.1 Å². The zero-order chi connectivity index (χ0) is 8.97. The third-order valence-electron chi connectivity index (χ3n) is 1.73. The van der Waals surface area contributed by atoms with Gasteiger partial charge < -0.3 is 5.73 Å². The van der Waals surface area contributed by atoms with Gasteiger partial charge in [0.1, 0.15) is 6.67 Å². The molecule has 0 saturated heterocycles. The van der Waals surface area contributed by atoms with Crippen LogP contribution in [0.5, 0.6) is 0 Å². The summed E-state index contributed by atoms with van der Waals surface area (Å²) in [6.45, 7) is 1.57. The number of benzene rings is 1. The Morgan fingerprint density at radius 1 is 1.25 bits per heavy atom. The summed E-state index contributed by atoms with van der Waals surface area (Å²) in [6, 6.07) is 7.63. The van der Waals surface area contributed by atoms with Crippen LogP contribution in [0.4, 0.5) is 4.39 Å². The zero-order valence-electron chi connectivity index (χ0n) is 7.26. The second-order valence-corrected chi connectivity index (χ2v) is 3.13. The summed E-state index contributed by atoms with van der Waals surface area (Å²) < 4.78 is 12.1. The highest BCUT2D eigenvalue weighted by atomic mass is 19.1. The fourth-order valence-corrected chi connectivity index (χ4v) is 1.14. The van der Waals surface area contributed by atoms with Crippen LogP contribution < -0.4 is 5.73 Å². The van der Waals surface area contributed by atoms with E-state index >= 15 is 0 Å². The van der Waals surface area contributed by atoms with E-state index in [1.54, 1.807) is 12.1 Å². The molecule has 1 rings (SSSR count). The number of rotatable bonds is 3. The number of hydrogen-bond acceptors (Lipinski definition) is 1. The SMILES string of the molecule is CC(N)Cc1ccc(CF)cc1. The third-order valence-corrected chi connectivity index (χ3v) is 1.73. The van der Waals surface area contributed by atoms with Gasteiger partial charge in [-0.1, -0.05) is 24.3 Å². The average Bonchev–Trinajstić information content (AvgIpc) is 2.05. The van der Waals surface area contributed by atoms with Crippen molar-refractivity contribution in [1.29, 1.82) is 0 Å². The lowest BCUT2D eigenvalue weighted by Gasteiger charge is -2.04. The Kier molecular flexibility index (Phi) is 3.23. The topological polar surface area (TPSA) is 26.0 Å². The molecule has 0 aliphatic carbocycles. The maximum atomic E-state index is 12.1. The van der Waals surface area contributed by atoms with Crippen molar-refractivity contribution in [1.82, 2.24) is 0 Å².